The van der Waals surface area contributed by atoms with Crippen LogP contribution in [0.2, 0.25) is 0 Å². The number of carbonyl (C=O) groups is 1. The van der Waals surface area contributed by atoms with Gasteiger partial charge in [0.15, 0.2) is 0 Å². The van der Waals surface area contributed by atoms with E-state index < -0.39 is 5.54 Å². The maximum atomic E-state index is 12.1. The fourth-order valence-electron chi connectivity index (χ4n) is 3.13. The van der Waals surface area contributed by atoms with Crippen LogP contribution in [0.4, 0.5) is 0 Å². The fourth-order valence-corrected chi connectivity index (χ4v) is 3.13. The summed E-state index contributed by atoms with van der Waals surface area (Å²) in [5.74, 6) is 1.51. The number of benzene rings is 1. The van der Waals surface area contributed by atoms with E-state index in [9.17, 15) is 10.1 Å². The van der Waals surface area contributed by atoms with Gasteiger partial charge in [-0.2, -0.15) is 10.2 Å². The molecule has 1 heterocycles. The standard InChI is InChI=1S/C19H22N4O3/c1-2-25-15-7-5-14(6-8-15)18-21-17(26-23-18)10-9-16(24)22-19(13-20)11-3-4-12-19/h5-8H,2-4,9-12H2,1H3,(H,22,24). The number of nitrogens with one attached hydrogen (secondary N) is 1. The van der Waals surface area contributed by atoms with Crippen LogP contribution in [-0.2, 0) is 11.2 Å². The molecule has 0 saturated heterocycles. The third kappa shape index (κ3) is 4.20. The minimum absolute atomic E-state index is 0.158. The van der Waals surface area contributed by atoms with Crippen molar-refractivity contribution in [2.24, 2.45) is 0 Å². The number of aromatic nitrogens is 2. The molecule has 1 aliphatic rings. The summed E-state index contributed by atoms with van der Waals surface area (Å²) in [5.41, 5.74) is 0.127. The highest BCUT2D eigenvalue weighted by molar-refractivity contribution is 5.77. The van der Waals surface area contributed by atoms with Gasteiger partial charge in [-0.3, -0.25) is 4.79 Å². The monoisotopic (exact) mass is 354 g/mol. The minimum atomic E-state index is -0.695. The molecule has 1 amide bonds. The Bertz CT molecular complexity index is 786. The summed E-state index contributed by atoms with van der Waals surface area (Å²) >= 11 is 0. The Kier molecular flexibility index (Phi) is 5.52. The Hall–Kier alpha value is -2.88. The minimum Gasteiger partial charge on any atom is -0.494 e. The Morgan fingerprint density at radius 1 is 1.35 bits per heavy atom. The lowest BCUT2D eigenvalue weighted by molar-refractivity contribution is -0.122. The molecule has 0 spiro atoms. The second-order valence-corrected chi connectivity index (χ2v) is 6.42. The molecule has 1 aromatic heterocycles. The lowest BCUT2D eigenvalue weighted by atomic mass is 9.99. The summed E-state index contributed by atoms with van der Waals surface area (Å²) in [6, 6.07) is 9.69. The van der Waals surface area contributed by atoms with Crippen LogP contribution >= 0.6 is 0 Å². The Labute approximate surface area is 152 Å². The van der Waals surface area contributed by atoms with Crippen molar-refractivity contribution in [2.45, 2.75) is 51.0 Å². The lowest BCUT2D eigenvalue weighted by Crippen LogP contribution is -2.45. The van der Waals surface area contributed by atoms with Crippen LogP contribution < -0.4 is 10.1 Å². The number of carbonyl (C=O) groups excluding carboxylic acids is 1. The molecule has 7 heteroatoms. The van der Waals surface area contributed by atoms with Crippen molar-refractivity contribution in [3.05, 3.63) is 30.2 Å². The van der Waals surface area contributed by atoms with E-state index in [-0.39, 0.29) is 12.3 Å². The van der Waals surface area contributed by atoms with E-state index in [1.165, 1.54) is 0 Å². The molecule has 2 aromatic rings. The predicted molar refractivity (Wildman–Crippen MR) is 94.2 cm³/mol. The maximum Gasteiger partial charge on any atom is 0.227 e. The highest BCUT2D eigenvalue weighted by Crippen LogP contribution is 2.29. The van der Waals surface area contributed by atoms with Gasteiger partial charge in [0.1, 0.15) is 11.3 Å². The predicted octanol–water partition coefficient (Wildman–Crippen LogP) is 3.02. The first-order chi connectivity index (χ1) is 12.6. The van der Waals surface area contributed by atoms with Gasteiger partial charge in [-0.15, -0.1) is 0 Å². The number of hydrogen-bond donors (Lipinski definition) is 1. The van der Waals surface area contributed by atoms with Crippen LogP contribution in [0.15, 0.2) is 28.8 Å². The van der Waals surface area contributed by atoms with Crippen LogP contribution in [0.5, 0.6) is 5.75 Å². The number of hydrogen-bond acceptors (Lipinski definition) is 6. The molecule has 0 radical (unpaired) electrons. The van der Waals surface area contributed by atoms with Crippen molar-refractivity contribution in [1.82, 2.24) is 15.5 Å². The molecule has 1 aliphatic carbocycles. The highest BCUT2D eigenvalue weighted by Gasteiger charge is 2.35. The summed E-state index contributed by atoms with van der Waals surface area (Å²) in [6.45, 7) is 2.54. The molecule has 7 nitrogen and oxygen atoms in total. The number of aryl methyl sites for hydroxylation is 1. The van der Waals surface area contributed by atoms with Crippen LogP contribution in [0.25, 0.3) is 11.4 Å². The number of amides is 1. The summed E-state index contributed by atoms with van der Waals surface area (Å²) in [6.07, 6.45) is 3.95. The molecular formula is C19H22N4O3. The Morgan fingerprint density at radius 2 is 2.08 bits per heavy atom. The van der Waals surface area contributed by atoms with Crippen LogP contribution in [0, 0.1) is 11.3 Å². The van der Waals surface area contributed by atoms with Crippen molar-refractivity contribution in [3.8, 4) is 23.2 Å². The SMILES string of the molecule is CCOc1ccc(-c2noc(CCC(=O)NC3(C#N)CCCC3)n2)cc1. The first kappa shape index (κ1) is 17.9. The van der Waals surface area contributed by atoms with E-state index in [2.05, 4.69) is 21.5 Å². The van der Waals surface area contributed by atoms with E-state index in [4.69, 9.17) is 9.26 Å². The largest absolute Gasteiger partial charge is 0.494 e. The molecule has 1 saturated carbocycles. The highest BCUT2D eigenvalue weighted by atomic mass is 16.5. The molecule has 0 atom stereocenters. The molecule has 1 aromatic carbocycles. The second-order valence-electron chi connectivity index (χ2n) is 6.42. The van der Waals surface area contributed by atoms with E-state index in [0.717, 1.165) is 37.0 Å². The zero-order valence-electron chi connectivity index (χ0n) is 14.8. The van der Waals surface area contributed by atoms with Gasteiger partial charge in [-0.25, -0.2) is 0 Å². The molecule has 136 valence electrons. The molecule has 1 N–H and O–H groups in total. The average molecular weight is 354 g/mol. The third-order valence-electron chi connectivity index (χ3n) is 4.51. The molecule has 1 fully saturated rings. The Balaban J connectivity index is 1.55. The van der Waals surface area contributed by atoms with Crippen LogP contribution in [0.3, 0.4) is 0 Å². The second kappa shape index (κ2) is 8.00. The number of nitrogens with zero attached hydrogens (tertiary/aromatic N) is 3. The van der Waals surface area contributed by atoms with Gasteiger partial charge in [0.05, 0.1) is 12.7 Å². The smallest absolute Gasteiger partial charge is 0.227 e. The molecular weight excluding hydrogens is 332 g/mol. The molecule has 0 bridgehead atoms. The van der Waals surface area contributed by atoms with Gasteiger partial charge in [0, 0.05) is 18.4 Å². The van der Waals surface area contributed by atoms with E-state index in [0.29, 0.717) is 24.7 Å². The van der Waals surface area contributed by atoms with Crippen LogP contribution in [-0.4, -0.2) is 28.2 Å². The van der Waals surface area contributed by atoms with Crippen molar-refractivity contribution >= 4 is 5.91 Å². The van der Waals surface area contributed by atoms with Crippen molar-refractivity contribution < 1.29 is 14.1 Å². The fraction of sp³-hybridized carbons (Fsp3) is 0.474. The van der Waals surface area contributed by atoms with Gasteiger partial charge in [-0.1, -0.05) is 5.16 Å². The molecule has 26 heavy (non-hydrogen) atoms. The Morgan fingerprint density at radius 3 is 2.73 bits per heavy atom. The topological polar surface area (TPSA) is 101 Å². The van der Waals surface area contributed by atoms with E-state index in [1.807, 2.05) is 31.2 Å². The average Bonchev–Trinajstić information content (AvgIpc) is 3.31. The molecule has 0 unspecified atom stereocenters. The lowest BCUT2D eigenvalue weighted by Gasteiger charge is -2.21. The van der Waals surface area contributed by atoms with Crippen molar-refractivity contribution in [3.63, 3.8) is 0 Å². The van der Waals surface area contributed by atoms with Crippen molar-refractivity contribution in [2.75, 3.05) is 6.61 Å². The molecule has 3 rings (SSSR count). The summed E-state index contributed by atoms with van der Waals surface area (Å²) < 4.78 is 10.6. The van der Waals surface area contributed by atoms with Gasteiger partial charge in [0.25, 0.3) is 0 Å². The number of nitriles is 1. The van der Waals surface area contributed by atoms with Crippen molar-refractivity contribution in [1.29, 1.82) is 5.26 Å². The maximum absolute atomic E-state index is 12.1. The molecule has 0 aliphatic heterocycles. The first-order valence-corrected chi connectivity index (χ1v) is 8.92. The summed E-state index contributed by atoms with van der Waals surface area (Å²) in [4.78, 5) is 16.5. The third-order valence-corrected chi connectivity index (χ3v) is 4.51. The van der Waals surface area contributed by atoms with Crippen LogP contribution in [0.1, 0.15) is 44.9 Å². The quantitative estimate of drug-likeness (QED) is 0.820. The summed E-state index contributed by atoms with van der Waals surface area (Å²) in [7, 11) is 0. The van der Waals surface area contributed by atoms with Gasteiger partial charge < -0.3 is 14.6 Å². The first-order valence-electron chi connectivity index (χ1n) is 8.92. The number of ether oxygens (including phenoxy) is 1. The number of rotatable bonds is 7. The normalized spacial score (nSPS) is 15.4. The van der Waals surface area contributed by atoms with Gasteiger partial charge in [0.2, 0.25) is 17.6 Å². The zero-order chi connectivity index (χ0) is 18.4. The zero-order valence-corrected chi connectivity index (χ0v) is 14.8. The van der Waals surface area contributed by atoms with Gasteiger partial charge >= 0.3 is 0 Å². The van der Waals surface area contributed by atoms with Gasteiger partial charge in [-0.05, 0) is 56.9 Å². The van der Waals surface area contributed by atoms with E-state index >= 15 is 0 Å². The van der Waals surface area contributed by atoms with E-state index in [1.54, 1.807) is 0 Å². The summed E-state index contributed by atoms with van der Waals surface area (Å²) in [5, 5.41) is 16.1.